The lowest BCUT2D eigenvalue weighted by molar-refractivity contribution is -0.124. The highest BCUT2D eigenvalue weighted by Gasteiger charge is 2.23. The van der Waals surface area contributed by atoms with Crippen LogP contribution in [0.25, 0.3) is 33.3 Å². The minimum atomic E-state index is -0.938. The first kappa shape index (κ1) is 22.3. The zero-order valence-electron chi connectivity index (χ0n) is 19.4. The number of H-pyrrole nitrogens is 1. The van der Waals surface area contributed by atoms with Crippen LogP contribution in [-0.2, 0) is 9.53 Å². The summed E-state index contributed by atoms with van der Waals surface area (Å²) >= 11 is 0. The number of aryl methyl sites for hydroxylation is 1. The average molecular weight is 465 g/mol. The summed E-state index contributed by atoms with van der Waals surface area (Å²) in [6, 6.07) is 24.3. The number of anilines is 1. The summed E-state index contributed by atoms with van der Waals surface area (Å²) in [5.41, 5.74) is 4.97. The van der Waals surface area contributed by atoms with E-state index >= 15 is 0 Å². The molecule has 7 nitrogen and oxygen atoms in total. The number of fused-ring (bicyclic) bond motifs is 2. The molecular formula is C28H24N4O3. The smallest absolute Gasteiger partial charge is 0.338 e. The number of benzene rings is 3. The maximum absolute atomic E-state index is 13.0. The second kappa shape index (κ2) is 9.38. The SMILES string of the molecule is CCC(OC(=O)c1ccc2nc(-c3ccccc3)[nH]c2c1)C(=O)Nc1cc(C)nc2ccccc12. The van der Waals surface area contributed by atoms with Crippen molar-refractivity contribution < 1.29 is 14.3 Å². The van der Waals surface area contributed by atoms with Crippen LogP contribution in [-0.4, -0.2) is 32.9 Å². The standard InChI is InChI=1S/C28H24N4O3/c1-3-25(27(33)32-23-15-17(2)29-21-12-8-7-11-20(21)23)35-28(34)19-13-14-22-24(16-19)31-26(30-22)18-9-5-4-6-10-18/h4-16,25H,3H2,1-2H3,(H,30,31)(H,29,32,33). The molecule has 1 atom stereocenters. The molecule has 2 aromatic heterocycles. The molecule has 1 unspecified atom stereocenters. The third kappa shape index (κ3) is 4.61. The number of pyridine rings is 1. The lowest BCUT2D eigenvalue weighted by Gasteiger charge is -2.17. The van der Waals surface area contributed by atoms with Crippen molar-refractivity contribution in [3.63, 3.8) is 0 Å². The molecular weight excluding hydrogens is 440 g/mol. The number of rotatable bonds is 6. The molecule has 35 heavy (non-hydrogen) atoms. The largest absolute Gasteiger partial charge is 0.449 e. The maximum Gasteiger partial charge on any atom is 0.338 e. The van der Waals surface area contributed by atoms with Gasteiger partial charge < -0.3 is 15.0 Å². The van der Waals surface area contributed by atoms with Crippen LogP contribution in [0.15, 0.2) is 78.9 Å². The lowest BCUT2D eigenvalue weighted by Crippen LogP contribution is -2.32. The van der Waals surface area contributed by atoms with Gasteiger partial charge >= 0.3 is 5.97 Å². The zero-order chi connectivity index (χ0) is 24.4. The van der Waals surface area contributed by atoms with Crippen molar-refractivity contribution in [1.82, 2.24) is 15.0 Å². The zero-order valence-corrected chi connectivity index (χ0v) is 19.4. The molecule has 0 saturated carbocycles. The van der Waals surface area contributed by atoms with E-state index < -0.39 is 12.1 Å². The van der Waals surface area contributed by atoms with Gasteiger partial charge in [0.15, 0.2) is 6.10 Å². The highest BCUT2D eigenvalue weighted by Crippen LogP contribution is 2.24. The summed E-state index contributed by atoms with van der Waals surface area (Å²) in [5, 5.41) is 3.74. The molecule has 7 heteroatoms. The second-order valence-corrected chi connectivity index (χ2v) is 8.30. The topological polar surface area (TPSA) is 97.0 Å². The third-order valence-corrected chi connectivity index (χ3v) is 5.78. The number of aromatic amines is 1. The van der Waals surface area contributed by atoms with Crippen LogP contribution in [0.1, 0.15) is 29.4 Å². The predicted molar refractivity (Wildman–Crippen MR) is 136 cm³/mol. The molecule has 2 N–H and O–H groups in total. The van der Waals surface area contributed by atoms with E-state index in [0.717, 1.165) is 39.0 Å². The summed E-state index contributed by atoms with van der Waals surface area (Å²) in [4.78, 5) is 38.3. The molecule has 0 radical (unpaired) electrons. The summed E-state index contributed by atoms with van der Waals surface area (Å²) in [7, 11) is 0. The van der Waals surface area contributed by atoms with Gasteiger partial charge in [-0.15, -0.1) is 0 Å². The van der Waals surface area contributed by atoms with Gasteiger partial charge in [0, 0.05) is 16.6 Å². The number of imidazole rings is 1. The highest BCUT2D eigenvalue weighted by molar-refractivity contribution is 6.04. The average Bonchev–Trinajstić information content (AvgIpc) is 3.31. The Morgan fingerprint density at radius 3 is 2.51 bits per heavy atom. The molecule has 0 aliphatic heterocycles. The van der Waals surface area contributed by atoms with E-state index in [1.165, 1.54) is 0 Å². The fourth-order valence-electron chi connectivity index (χ4n) is 4.01. The number of hydrogen-bond donors (Lipinski definition) is 2. The van der Waals surface area contributed by atoms with Crippen molar-refractivity contribution in [2.75, 3.05) is 5.32 Å². The van der Waals surface area contributed by atoms with Crippen LogP contribution >= 0.6 is 0 Å². The van der Waals surface area contributed by atoms with E-state index in [4.69, 9.17) is 4.74 Å². The molecule has 3 aromatic carbocycles. The minimum absolute atomic E-state index is 0.337. The number of esters is 1. The van der Waals surface area contributed by atoms with Crippen molar-refractivity contribution >= 4 is 39.5 Å². The van der Waals surface area contributed by atoms with Crippen molar-refractivity contribution in [3.8, 4) is 11.4 Å². The van der Waals surface area contributed by atoms with E-state index in [1.807, 2.05) is 67.6 Å². The Labute approximate surface area is 202 Å². The Kier molecular flexibility index (Phi) is 5.97. The van der Waals surface area contributed by atoms with Gasteiger partial charge in [0.05, 0.1) is 27.8 Å². The number of carbonyl (C=O) groups excluding carboxylic acids is 2. The molecule has 5 rings (SSSR count). The van der Waals surface area contributed by atoms with Gasteiger partial charge in [-0.25, -0.2) is 9.78 Å². The molecule has 1 amide bonds. The molecule has 0 saturated heterocycles. The van der Waals surface area contributed by atoms with Crippen LogP contribution in [0.2, 0.25) is 0 Å². The molecule has 0 bridgehead atoms. The molecule has 0 fully saturated rings. The van der Waals surface area contributed by atoms with Gasteiger partial charge in [-0.3, -0.25) is 9.78 Å². The number of hydrogen-bond acceptors (Lipinski definition) is 5. The number of aromatic nitrogens is 3. The van der Waals surface area contributed by atoms with E-state index in [0.29, 0.717) is 17.7 Å². The highest BCUT2D eigenvalue weighted by atomic mass is 16.5. The first-order valence-electron chi connectivity index (χ1n) is 11.4. The molecule has 0 aliphatic carbocycles. The summed E-state index contributed by atoms with van der Waals surface area (Å²) in [5.74, 6) is -0.233. The van der Waals surface area contributed by atoms with E-state index in [-0.39, 0.29) is 5.91 Å². The van der Waals surface area contributed by atoms with Crippen LogP contribution in [0.4, 0.5) is 5.69 Å². The second-order valence-electron chi connectivity index (χ2n) is 8.30. The minimum Gasteiger partial charge on any atom is -0.449 e. The quantitative estimate of drug-likeness (QED) is 0.316. The number of ether oxygens (including phenoxy) is 1. The van der Waals surface area contributed by atoms with Crippen molar-refractivity contribution in [2.24, 2.45) is 0 Å². The normalized spacial score (nSPS) is 11.9. The lowest BCUT2D eigenvalue weighted by atomic mass is 10.1. The van der Waals surface area contributed by atoms with Crippen LogP contribution in [0, 0.1) is 6.92 Å². The molecule has 0 spiro atoms. The van der Waals surface area contributed by atoms with Crippen LogP contribution in [0.3, 0.4) is 0 Å². The van der Waals surface area contributed by atoms with E-state index in [9.17, 15) is 9.59 Å². The Bertz CT molecular complexity index is 1540. The first-order valence-corrected chi connectivity index (χ1v) is 11.4. The van der Waals surface area contributed by atoms with Gasteiger partial charge in [-0.2, -0.15) is 0 Å². The Balaban J connectivity index is 1.34. The fourth-order valence-corrected chi connectivity index (χ4v) is 4.01. The number of carbonyl (C=O) groups is 2. The Hall–Kier alpha value is -4.52. The van der Waals surface area contributed by atoms with Crippen LogP contribution < -0.4 is 5.32 Å². The molecule has 2 heterocycles. The van der Waals surface area contributed by atoms with Crippen molar-refractivity contribution in [3.05, 3.63) is 90.1 Å². The van der Waals surface area contributed by atoms with Gasteiger partial charge in [-0.1, -0.05) is 55.5 Å². The molecule has 5 aromatic rings. The maximum atomic E-state index is 13.0. The Morgan fingerprint density at radius 2 is 1.71 bits per heavy atom. The summed E-state index contributed by atoms with van der Waals surface area (Å²) in [6.45, 7) is 3.67. The van der Waals surface area contributed by atoms with Gasteiger partial charge in [0.1, 0.15) is 5.82 Å². The summed E-state index contributed by atoms with van der Waals surface area (Å²) < 4.78 is 5.60. The number of nitrogens with one attached hydrogen (secondary N) is 2. The van der Waals surface area contributed by atoms with Gasteiger partial charge in [0.25, 0.3) is 5.91 Å². The molecule has 174 valence electrons. The number of nitrogens with zero attached hydrogens (tertiary/aromatic N) is 2. The summed E-state index contributed by atoms with van der Waals surface area (Å²) in [6.07, 6.45) is -0.601. The van der Waals surface area contributed by atoms with E-state index in [1.54, 1.807) is 25.1 Å². The third-order valence-electron chi connectivity index (χ3n) is 5.78. The van der Waals surface area contributed by atoms with Crippen molar-refractivity contribution in [1.29, 1.82) is 0 Å². The van der Waals surface area contributed by atoms with Crippen LogP contribution in [0.5, 0.6) is 0 Å². The Morgan fingerprint density at radius 1 is 0.943 bits per heavy atom. The first-order chi connectivity index (χ1) is 17.0. The van der Waals surface area contributed by atoms with Crippen molar-refractivity contribution in [2.45, 2.75) is 26.4 Å². The van der Waals surface area contributed by atoms with E-state index in [2.05, 4.69) is 20.3 Å². The van der Waals surface area contributed by atoms with Gasteiger partial charge in [-0.05, 0) is 43.7 Å². The van der Waals surface area contributed by atoms with Gasteiger partial charge in [0.2, 0.25) is 0 Å². The number of para-hydroxylation sites is 1. The monoisotopic (exact) mass is 464 g/mol. The fraction of sp³-hybridized carbons (Fsp3) is 0.143. The molecule has 0 aliphatic rings. The number of amides is 1. The predicted octanol–water partition coefficient (Wildman–Crippen LogP) is 5.66.